The summed E-state index contributed by atoms with van der Waals surface area (Å²) in [6.07, 6.45) is 0.778. The Morgan fingerprint density at radius 3 is 2.36 bits per heavy atom. The van der Waals surface area contributed by atoms with E-state index in [4.69, 9.17) is 5.11 Å². The van der Waals surface area contributed by atoms with Crippen LogP contribution in [0.15, 0.2) is 53.0 Å². The number of aliphatic hydroxyl groups is 1. The Morgan fingerprint density at radius 2 is 1.68 bits per heavy atom. The first-order valence-electron chi connectivity index (χ1n) is 7.13. The maximum Gasteiger partial charge on any atom is 0.315 e. The molecule has 0 aliphatic heterocycles. The van der Waals surface area contributed by atoms with Gasteiger partial charge in [0.25, 0.3) is 0 Å². The molecule has 22 heavy (non-hydrogen) atoms. The van der Waals surface area contributed by atoms with E-state index in [1.807, 2.05) is 48.5 Å². The Bertz CT molecular complexity index is 614. The third kappa shape index (κ3) is 5.16. The van der Waals surface area contributed by atoms with E-state index in [2.05, 4.69) is 26.6 Å². The number of hydrogen-bond donors (Lipinski definition) is 3. The third-order valence-electron chi connectivity index (χ3n) is 3.30. The minimum atomic E-state index is -0.182. The molecule has 0 aliphatic carbocycles. The van der Waals surface area contributed by atoms with Gasteiger partial charge in [-0.25, -0.2) is 4.79 Å². The molecule has 0 aromatic heterocycles. The first kappa shape index (κ1) is 16.5. The molecule has 2 aromatic rings. The van der Waals surface area contributed by atoms with Crippen molar-refractivity contribution >= 4 is 22.0 Å². The molecule has 5 heteroatoms. The van der Waals surface area contributed by atoms with Crippen LogP contribution in [0.25, 0.3) is 0 Å². The van der Waals surface area contributed by atoms with Crippen LogP contribution in [0.1, 0.15) is 16.7 Å². The van der Waals surface area contributed by atoms with Crippen LogP contribution in [-0.2, 0) is 19.6 Å². The molecule has 4 nitrogen and oxygen atoms in total. The predicted octanol–water partition coefficient (Wildman–Crippen LogP) is 2.98. The summed E-state index contributed by atoms with van der Waals surface area (Å²) in [4.78, 5) is 11.7. The van der Waals surface area contributed by atoms with Gasteiger partial charge in [-0.05, 0) is 29.2 Å². The topological polar surface area (TPSA) is 61.4 Å². The fourth-order valence-electron chi connectivity index (χ4n) is 2.02. The summed E-state index contributed by atoms with van der Waals surface area (Å²) >= 11 is 3.49. The minimum absolute atomic E-state index is 0.0310. The van der Waals surface area contributed by atoms with Gasteiger partial charge in [-0.2, -0.15) is 0 Å². The monoisotopic (exact) mass is 362 g/mol. The van der Waals surface area contributed by atoms with Crippen molar-refractivity contribution in [3.63, 3.8) is 0 Å². The summed E-state index contributed by atoms with van der Waals surface area (Å²) in [6, 6.07) is 15.3. The molecule has 2 aromatic carbocycles. The average Bonchev–Trinajstić information content (AvgIpc) is 2.55. The molecule has 116 valence electrons. The number of rotatable bonds is 6. The van der Waals surface area contributed by atoms with Gasteiger partial charge < -0.3 is 15.7 Å². The van der Waals surface area contributed by atoms with Crippen LogP contribution in [-0.4, -0.2) is 17.7 Å². The van der Waals surface area contributed by atoms with Crippen molar-refractivity contribution < 1.29 is 9.90 Å². The number of carbonyl (C=O) groups is 1. The maximum absolute atomic E-state index is 11.7. The molecular formula is C17H19BrN2O2. The zero-order valence-corrected chi connectivity index (χ0v) is 13.8. The van der Waals surface area contributed by atoms with Crippen LogP contribution in [0.5, 0.6) is 0 Å². The molecule has 2 rings (SSSR count). The van der Waals surface area contributed by atoms with Crippen LogP contribution in [0.3, 0.4) is 0 Å². The van der Waals surface area contributed by atoms with Crippen molar-refractivity contribution in [2.24, 2.45) is 0 Å². The lowest BCUT2D eigenvalue weighted by Gasteiger charge is -2.09. The van der Waals surface area contributed by atoms with Gasteiger partial charge in [-0.3, -0.25) is 0 Å². The quantitative estimate of drug-likeness (QED) is 0.739. The van der Waals surface area contributed by atoms with Crippen LogP contribution in [0, 0.1) is 0 Å². The lowest BCUT2D eigenvalue weighted by molar-refractivity contribution is 0.240. The summed E-state index contributed by atoms with van der Waals surface area (Å²) < 4.78 is 1.06. The van der Waals surface area contributed by atoms with E-state index in [1.54, 1.807) is 0 Å². The van der Waals surface area contributed by atoms with Crippen LogP contribution in [0.4, 0.5) is 4.79 Å². The number of nitrogens with one attached hydrogen (secondary N) is 2. The SMILES string of the molecule is O=C(NCCc1ccccc1Br)NCc1ccc(CO)cc1. The number of amides is 2. The molecule has 0 radical (unpaired) electrons. The summed E-state index contributed by atoms with van der Waals surface area (Å²) in [7, 11) is 0. The van der Waals surface area contributed by atoms with E-state index >= 15 is 0 Å². The number of halogens is 1. The highest BCUT2D eigenvalue weighted by molar-refractivity contribution is 9.10. The van der Waals surface area contributed by atoms with Crippen LogP contribution >= 0.6 is 15.9 Å². The highest BCUT2D eigenvalue weighted by atomic mass is 79.9. The van der Waals surface area contributed by atoms with Gasteiger partial charge in [-0.15, -0.1) is 0 Å². The third-order valence-corrected chi connectivity index (χ3v) is 4.07. The van der Waals surface area contributed by atoms with Crippen LogP contribution < -0.4 is 10.6 Å². The first-order chi connectivity index (χ1) is 10.7. The zero-order valence-electron chi connectivity index (χ0n) is 12.2. The summed E-state index contributed by atoms with van der Waals surface area (Å²) in [6.45, 7) is 1.08. The Hall–Kier alpha value is -1.85. The molecule has 0 spiro atoms. The Kier molecular flexibility index (Phi) is 6.43. The summed E-state index contributed by atoms with van der Waals surface area (Å²) in [5, 5.41) is 14.6. The molecule has 0 unspecified atom stereocenters. The van der Waals surface area contributed by atoms with E-state index in [0.717, 1.165) is 22.0 Å². The molecule has 0 bridgehead atoms. The van der Waals surface area contributed by atoms with Crippen molar-refractivity contribution in [2.75, 3.05) is 6.54 Å². The van der Waals surface area contributed by atoms with E-state index in [1.165, 1.54) is 5.56 Å². The van der Waals surface area contributed by atoms with Gasteiger partial charge in [-0.1, -0.05) is 58.4 Å². The van der Waals surface area contributed by atoms with Gasteiger partial charge in [0.2, 0.25) is 0 Å². The number of urea groups is 1. The summed E-state index contributed by atoms with van der Waals surface area (Å²) in [5.41, 5.74) is 3.03. The second-order valence-corrected chi connectivity index (χ2v) is 5.78. The predicted molar refractivity (Wildman–Crippen MR) is 90.4 cm³/mol. The minimum Gasteiger partial charge on any atom is -0.392 e. The standard InChI is InChI=1S/C17H19BrN2O2/c18-16-4-2-1-3-15(16)9-10-19-17(22)20-11-13-5-7-14(12-21)8-6-13/h1-8,21H,9-12H2,(H2,19,20,22). The first-order valence-corrected chi connectivity index (χ1v) is 7.92. The van der Waals surface area contributed by atoms with Gasteiger partial charge >= 0.3 is 6.03 Å². The lowest BCUT2D eigenvalue weighted by Crippen LogP contribution is -2.36. The maximum atomic E-state index is 11.7. The molecule has 0 aliphatic rings. The fourth-order valence-corrected chi connectivity index (χ4v) is 2.50. The lowest BCUT2D eigenvalue weighted by atomic mass is 10.1. The molecular weight excluding hydrogens is 344 g/mol. The van der Waals surface area contributed by atoms with Crippen molar-refractivity contribution in [3.05, 3.63) is 69.7 Å². The molecule has 0 heterocycles. The number of hydrogen-bond acceptors (Lipinski definition) is 2. The van der Waals surface area contributed by atoms with Gasteiger partial charge in [0.05, 0.1) is 6.61 Å². The highest BCUT2D eigenvalue weighted by Crippen LogP contribution is 2.15. The molecule has 2 amide bonds. The number of carbonyl (C=O) groups excluding carboxylic acids is 1. The van der Waals surface area contributed by atoms with Gasteiger partial charge in [0, 0.05) is 17.6 Å². The van der Waals surface area contributed by atoms with Gasteiger partial charge in [0.1, 0.15) is 0 Å². The smallest absolute Gasteiger partial charge is 0.315 e. The molecule has 0 saturated heterocycles. The Balaban J connectivity index is 1.70. The molecule has 0 fully saturated rings. The number of benzene rings is 2. The summed E-state index contributed by atoms with van der Waals surface area (Å²) in [5.74, 6) is 0. The zero-order chi connectivity index (χ0) is 15.8. The normalized spacial score (nSPS) is 10.3. The van der Waals surface area contributed by atoms with Crippen molar-refractivity contribution in [1.82, 2.24) is 10.6 Å². The Labute approximate surface area is 138 Å². The molecule has 3 N–H and O–H groups in total. The van der Waals surface area contributed by atoms with E-state index in [0.29, 0.717) is 13.1 Å². The Morgan fingerprint density at radius 1 is 1.00 bits per heavy atom. The molecule has 0 atom stereocenters. The van der Waals surface area contributed by atoms with Crippen LogP contribution in [0.2, 0.25) is 0 Å². The second-order valence-electron chi connectivity index (χ2n) is 4.93. The number of aliphatic hydroxyl groups excluding tert-OH is 1. The fraction of sp³-hybridized carbons (Fsp3) is 0.235. The molecule has 0 saturated carbocycles. The highest BCUT2D eigenvalue weighted by Gasteiger charge is 2.02. The largest absolute Gasteiger partial charge is 0.392 e. The van der Waals surface area contributed by atoms with E-state index in [9.17, 15) is 4.79 Å². The average molecular weight is 363 g/mol. The second kappa shape index (κ2) is 8.56. The van der Waals surface area contributed by atoms with E-state index < -0.39 is 0 Å². The van der Waals surface area contributed by atoms with E-state index in [-0.39, 0.29) is 12.6 Å². The van der Waals surface area contributed by atoms with Gasteiger partial charge in [0.15, 0.2) is 0 Å². The van der Waals surface area contributed by atoms with Crippen molar-refractivity contribution in [3.8, 4) is 0 Å². The van der Waals surface area contributed by atoms with Crippen molar-refractivity contribution in [2.45, 2.75) is 19.6 Å². The van der Waals surface area contributed by atoms with Crippen molar-refractivity contribution in [1.29, 1.82) is 0 Å².